The van der Waals surface area contributed by atoms with Gasteiger partial charge in [0.25, 0.3) is 0 Å². The maximum atomic E-state index is 12.5. The van der Waals surface area contributed by atoms with Crippen molar-refractivity contribution in [2.45, 2.75) is 45.3 Å². The summed E-state index contributed by atoms with van der Waals surface area (Å²) in [6.07, 6.45) is 1.63. The zero-order valence-corrected chi connectivity index (χ0v) is 18.9. The molecule has 0 aliphatic carbocycles. The standard InChI is InChI=1S/C20H24N4O4S2/c1-5-27-19(26)17-13(4)9-16(30-17)21-15(25)11-29-20-23-22-18(12(2)3)24(20)10-14-7-6-8-28-14/h6-9,12H,5,10-11H2,1-4H3,(H,21,25). The number of furan rings is 1. The van der Waals surface area contributed by atoms with Gasteiger partial charge in [0.05, 0.1) is 30.2 Å². The smallest absolute Gasteiger partial charge is 0.348 e. The van der Waals surface area contributed by atoms with E-state index in [0.717, 1.165) is 17.1 Å². The van der Waals surface area contributed by atoms with Gasteiger partial charge in [0, 0.05) is 5.92 Å². The van der Waals surface area contributed by atoms with E-state index in [1.807, 2.05) is 37.5 Å². The van der Waals surface area contributed by atoms with Crippen molar-refractivity contribution in [2.75, 3.05) is 17.7 Å². The molecule has 3 aromatic heterocycles. The first-order valence-corrected chi connectivity index (χ1v) is 11.3. The van der Waals surface area contributed by atoms with Crippen LogP contribution in [0.5, 0.6) is 0 Å². The van der Waals surface area contributed by atoms with Crippen LogP contribution in [0.15, 0.2) is 34.0 Å². The molecule has 0 aliphatic heterocycles. The van der Waals surface area contributed by atoms with Crippen LogP contribution in [0.3, 0.4) is 0 Å². The molecule has 0 aromatic carbocycles. The highest BCUT2D eigenvalue weighted by atomic mass is 32.2. The summed E-state index contributed by atoms with van der Waals surface area (Å²) in [5, 5.41) is 12.6. The largest absolute Gasteiger partial charge is 0.467 e. The predicted molar refractivity (Wildman–Crippen MR) is 116 cm³/mol. The van der Waals surface area contributed by atoms with Gasteiger partial charge in [-0.3, -0.25) is 9.36 Å². The fraction of sp³-hybridized carbons (Fsp3) is 0.400. The Morgan fingerprint density at radius 1 is 1.37 bits per heavy atom. The van der Waals surface area contributed by atoms with Crippen molar-refractivity contribution in [3.63, 3.8) is 0 Å². The summed E-state index contributed by atoms with van der Waals surface area (Å²) in [7, 11) is 0. The number of aromatic nitrogens is 3. The molecule has 3 aromatic rings. The lowest BCUT2D eigenvalue weighted by molar-refractivity contribution is -0.113. The molecule has 3 rings (SSSR count). The van der Waals surface area contributed by atoms with Gasteiger partial charge in [-0.15, -0.1) is 21.5 Å². The van der Waals surface area contributed by atoms with Crippen LogP contribution in [0, 0.1) is 6.92 Å². The first-order chi connectivity index (χ1) is 14.4. The average Bonchev–Trinajstić information content (AvgIpc) is 3.41. The number of ether oxygens (including phenoxy) is 1. The Kier molecular flexibility index (Phi) is 7.33. The maximum Gasteiger partial charge on any atom is 0.348 e. The minimum Gasteiger partial charge on any atom is -0.467 e. The lowest BCUT2D eigenvalue weighted by Gasteiger charge is -2.10. The number of nitrogens with zero attached hydrogens (tertiary/aromatic N) is 3. The molecular formula is C20H24N4O4S2. The first-order valence-electron chi connectivity index (χ1n) is 9.54. The average molecular weight is 449 g/mol. The normalized spacial score (nSPS) is 11.1. The van der Waals surface area contributed by atoms with E-state index in [4.69, 9.17) is 9.15 Å². The van der Waals surface area contributed by atoms with Crippen molar-refractivity contribution in [1.29, 1.82) is 0 Å². The minimum absolute atomic E-state index is 0.167. The molecule has 1 amide bonds. The number of carbonyl (C=O) groups is 2. The summed E-state index contributed by atoms with van der Waals surface area (Å²) in [6, 6.07) is 5.50. The van der Waals surface area contributed by atoms with Gasteiger partial charge in [-0.1, -0.05) is 25.6 Å². The fourth-order valence-corrected chi connectivity index (χ4v) is 4.51. The zero-order valence-electron chi connectivity index (χ0n) is 17.3. The molecule has 0 unspecified atom stereocenters. The lowest BCUT2D eigenvalue weighted by atomic mass is 10.2. The topological polar surface area (TPSA) is 99.2 Å². The van der Waals surface area contributed by atoms with Crippen molar-refractivity contribution in [1.82, 2.24) is 14.8 Å². The van der Waals surface area contributed by atoms with E-state index in [0.29, 0.717) is 28.2 Å². The summed E-state index contributed by atoms with van der Waals surface area (Å²) < 4.78 is 12.5. The van der Waals surface area contributed by atoms with E-state index in [-0.39, 0.29) is 23.5 Å². The molecule has 0 saturated carbocycles. The summed E-state index contributed by atoms with van der Waals surface area (Å²) in [6.45, 7) is 8.48. The van der Waals surface area contributed by atoms with Crippen LogP contribution in [0.2, 0.25) is 0 Å². The molecule has 0 saturated heterocycles. The number of hydrogen-bond acceptors (Lipinski definition) is 8. The van der Waals surface area contributed by atoms with Crippen LogP contribution in [0.1, 0.15) is 53.5 Å². The van der Waals surface area contributed by atoms with Gasteiger partial charge in [-0.2, -0.15) is 0 Å². The molecule has 0 aliphatic rings. The number of nitrogens with one attached hydrogen (secondary N) is 1. The highest BCUT2D eigenvalue weighted by Crippen LogP contribution is 2.28. The molecule has 0 radical (unpaired) electrons. The number of esters is 1. The van der Waals surface area contributed by atoms with Crippen molar-refractivity contribution in [3.05, 3.63) is 46.5 Å². The van der Waals surface area contributed by atoms with Crippen molar-refractivity contribution >= 4 is 40.0 Å². The number of thiophene rings is 1. The van der Waals surface area contributed by atoms with Crippen molar-refractivity contribution in [3.8, 4) is 0 Å². The molecule has 0 atom stereocenters. The van der Waals surface area contributed by atoms with Gasteiger partial charge < -0.3 is 14.5 Å². The molecular weight excluding hydrogens is 424 g/mol. The first kappa shape index (κ1) is 22.1. The van der Waals surface area contributed by atoms with Crippen LogP contribution in [0.4, 0.5) is 5.00 Å². The molecule has 8 nitrogen and oxygen atoms in total. The second-order valence-corrected chi connectivity index (χ2v) is 8.84. The lowest BCUT2D eigenvalue weighted by Crippen LogP contribution is -2.14. The van der Waals surface area contributed by atoms with Crippen LogP contribution >= 0.6 is 23.1 Å². The Morgan fingerprint density at radius 3 is 2.83 bits per heavy atom. The van der Waals surface area contributed by atoms with E-state index >= 15 is 0 Å². The van der Waals surface area contributed by atoms with Crippen molar-refractivity contribution < 1.29 is 18.7 Å². The van der Waals surface area contributed by atoms with Crippen LogP contribution in [-0.2, 0) is 16.1 Å². The van der Waals surface area contributed by atoms with Crippen LogP contribution < -0.4 is 5.32 Å². The van der Waals surface area contributed by atoms with Crippen LogP contribution in [-0.4, -0.2) is 39.0 Å². The summed E-state index contributed by atoms with van der Waals surface area (Å²) in [4.78, 5) is 24.9. The Labute approximate surface area is 183 Å². The number of aryl methyl sites for hydroxylation is 1. The molecule has 160 valence electrons. The summed E-state index contributed by atoms with van der Waals surface area (Å²) >= 11 is 2.52. The van der Waals surface area contributed by atoms with Gasteiger partial charge in [-0.05, 0) is 37.6 Å². The Morgan fingerprint density at radius 2 is 2.17 bits per heavy atom. The molecule has 30 heavy (non-hydrogen) atoms. The fourth-order valence-electron chi connectivity index (χ4n) is 2.79. The quantitative estimate of drug-likeness (QED) is 0.384. The third-order valence-electron chi connectivity index (χ3n) is 4.13. The number of thioether (sulfide) groups is 1. The number of rotatable bonds is 9. The van der Waals surface area contributed by atoms with Gasteiger partial charge in [-0.25, -0.2) is 4.79 Å². The third-order valence-corrected chi connectivity index (χ3v) is 6.23. The van der Waals surface area contributed by atoms with Gasteiger partial charge in [0.15, 0.2) is 5.16 Å². The maximum absolute atomic E-state index is 12.5. The van der Waals surface area contributed by atoms with E-state index in [9.17, 15) is 9.59 Å². The highest BCUT2D eigenvalue weighted by Gasteiger charge is 2.19. The molecule has 1 N–H and O–H groups in total. The second-order valence-electron chi connectivity index (χ2n) is 6.84. The zero-order chi connectivity index (χ0) is 21.7. The second kappa shape index (κ2) is 9.94. The Balaban J connectivity index is 1.65. The molecule has 10 heteroatoms. The minimum atomic E-state index is -0.373. The van der Waals surface area contributed by atoms with Crippen LogP contribution in [0.25, 0.3) is 0 Å². The molecule has 0 fully saturated rings. The molecule has 3 heterocycles. The van der Waals surface area contributed by atoms with Gasteiger partial charge >= 0.3 is 5.97 Å². The number of amides is 1. The summed E-state index contributed by atoms with van der Waals surface area (Å²) in [5.41, 5.74) is 0.779. The SMILES string of the molecule is CCOC(=O)c1sc(NC(=O)CSc2nnc(C(C)C)n2Cc2ccco2)cc1C. The third kappa shape index (κ3) is 5.31. The number of hydrogen-bond donors (Lipinski definition) is 1. The summed E-state index contributed by atoms with van der Waals surface area (Å²) in [5.74, 6) is 1.43. The Hall–Kier alpha value is -2.59. The molecule has 0 spiro atoms. The Bertz CT molecular complexity index is 1010. The highest BCUT2D eigenvalue weighted by molar-refractivity contribution is 7.99. The predicted octanol–water partition coefficient (Wildman–Crippen LogP) is 4.32. The van der Waals surface area contributed by atoms with E-state index < -0.39 is 0 Å². The van der Waals surface area contributed by atoms with Crippen molar-refractivity contribution in [2.24, 2.45) is 0 Å². The van der Waals surface area contributed by atoms with Gasteiger partial charge in [0.1, 0.15) is 16.5 Å². The van der Waals surface area contributed by atoms with E-state index in [1.54, 1.807) is 19.3 Å². The number of anilines is 1. The van der Waals surface area contributed by atoms with E-state index in [2.05, 4.69) is 15.5 Å². The monoisotopic (exact) mass is 448 g/mol. The molecule has 0 bridgehead atoms. The van der Waals surface area contributed by atoms with Gasteiger partial charge in [0.2, 0.25) is 5.91 Å². The number of carbonyl (C=O) groups excluding carboxylic acids is 2. The van der Waals surface area contributed by atoms with E-state index in [1.165, 1.54) is 23.1 Å².